The second-order valence-electron chi connectivity index (χ2n) is 11.0. The Morgan fingerprint density at radius 2 is 1.91 bits per heavy atom. The van der Waals surface area contributed by atoms with Crippen LogP contribution in [0.5, 0.6) is 0 Å². The summed E-state index contributed by atoms with van der Waals surface area (Å²) in [6.07, 6.45) is 12.8. The van der Waals surface area contributed by atoms with Gasteiger partial charge in [0.15, 0.2) is 0 Å². The molecule has 5 heteroatoms. The van der Waals surface area contributed by atoms with E-state index in [0.717, 1.165) is 44.1 Å². The van der Waals surface area contributed by atoms with Crippen LogP contribution in [0, 0.1) is 45.8 Å². The van der Waals surface area contributed by atoms with Gasteiger partial charge in [0.05, 0.1) is 6.07 Å². The van der Waals surface area contributed by atoms with Gasteiger partial charge in [-0.3, -0.25) is 9.59 Å². The van der Waals surface area contributed by atoms with Gasteiger partial charge in [-0.05, 0) is 85.0 Å². The fourth-order valence-electron chi connectivity index (χ4n) is 8.08. The van der Waals surface area contributed by atoms with Crippen molar-refractivity contribution in [2.45, 2.75) is 85.2 Å². The van der Waals surface area contributed by atoms with Crippen molar-refractivity contribution in [1.29, 1.82) is 5.26 Å². The molecule has 0 aliphatic heterocycles. The van der Waals surface area contributed by atoms with Crippen LogP contribution >= 0.6 is 0 Å². The number of hydrogen-bond acceptors (Lipinski definition) is 5. The summed E-state index contributed by atoms with van der Waals surface area (Å²) in [5.74, 6) is 1.81. The molecule has 0 N–H and O–H groups in total. The number of esters is 2. The fourth-order valence-corrected chi connectivity index (χ4v) is 8.08. The number of nitrogens with zero attached hydrogens (tertiary/aromatic N) is 1. The SMILES string of the molecule is CC(=O)OC/C(=C\C#N)[C@H]1CC[C@H]2[C@@H]3CC=C4C[C@H](OC(C)=O)CC[C@]4(C)[C@H]3CC[C@]12C. The molecule has 0 heterocycles. The molecule has 0 saturated heterocycles. The van der Waals surface area contributed by atoms with E-state index in [4.69, 9.17) is 9.47 Å². The van der Waals surface area contributed by atoms with Gasteiger partial charge >= 0.3 is 11.9 Å². The van der Waals surface area contributed by atoms with E-state index in [1.165, 1.54) is 32.3 Å². The third kappa shape index (κ3) is 3.91. The lowest BCUT2D eigenvalue weighted by Gasteiger charge is -2.58. The molecule has 0 bridgehead atoms. The summed E-state index contributed by atoms with van der Waals surface area (Å²) in [5.41, 5.74) is 2.86. The van der Waals surface area contributed by atoms with Gasteiger partial charge in [0, 0.05) is 26.3 Å². The zero-order valence-electron chi connectivity index (χ0n) is 20.0. The van der Waals surface area contributed by atoms with Crippen molar-refractivity contribution >= 4 is 11.9 Å². The zero-order valence-corrected chi connectivity index (χ0v) is 20.0. The number of hydrogen-bond donors (Lipinski definition) is 0. The number of carbonyl (C=O) groups excluding carboxylic acids is 2. The number of ether oxygens (including phenoxy) is 2. The number of nitriles is 1. The monoisotopic (exact) mass is 439 g/mol. The van der Waals surface area contributed by atoms with Crippen molar-refractivity contribution in [3.05, 3.63) is 23.3 Å². The molecule has 32 heavy (non-hydrogen) atoms. The van der Waals surface area contributed by atoms with Crippen LogP contribution < -0.4 is 0 Å². The van der Waals surface area contributed by atoms with Gasteiger partial charge in [0.1, 0.15) is 12.7 Å². The number of fused-ring (bicyclic) bond motifs is 5. The Bertz CT molecular complexity index is 883. The molecule has 4 aliphatic carbocycles. The van der Waals surface area contributed by atoms with E-state index in [2.05, 4.69) is 26.0 Å². The van der Waals surface area contributed by atoms with E-state index in [9.17, 15) is 14.9 Å². The van der Waals surface area contributed by atoms with E-state index in [-0.39, 0.29) is 35.5 Å². The number of rotatable bonds is 4. The van der Waals surface area contributed by atoms with E-state index in [1.807, 2.05) is 0 Å². The highest BCUT2D eigenvalue weighted by Gasteiger charge is 2.59. The summed E-state index contributed by atoms with van der Waals surface area (Å²) in [7, 11) is 0. The topological polar surface area (TPSA) is 76.4 Å². The minimum absolute atomic E-state index is 0.0352. The zero-order chi connectivity index (χ0) is 23.1. The van der Waals surface area contributed by atoms with Crippen LogP contribution in [-0.4, -0.2) is 24.6 Å². The second kappa shape index (κ2) is 8.69. The van der Waals surface area contributed by atoms with Gasteiger partial charge in [0.25, 0.3) is 0 Å². The average molecular weight is 440 g/mol. The maximum atomic E-state index is 11.5. The largest absolute Gasteiger partial charge is 0.462 e. The van der Waals surface area contributed by atoms with E-state index < -0.39 is 0 Å². The summed E-state index contributed by atoms with van der Waals surface area (Å²) in [5, 5.41) is 9.36. The Kier molecular flexibility index (Phi) is 6.27. The van der Waals surface area contributed by atoms with E-state index in [1.54, 1.807) is 6.08 Å². The summed E-state index contributed by atoms with van der Waals surface area (Å²) >= 11 is 0. The van der Waals surface area contributed by atoms with Crippen LogP contribution in [0.15, 0.2) is 23.3 Å². The Hall–Kier alpha value is -2.09. The molecule has 174 valence electrons. The lowest BCUT2D eigenvalue weighted by Crippen LogP contribution is -2.50. The Balaban J connectivity index is 1.55. The van der Waals surface area contributed by atoms with Crippen molar-refractivity contribution in [1.82, 2.24) is 0 Å². The van der Waals surface area contributed by atoms with Gasteiger partial charge < -0.3 is 9.47 Å². The first-order chi connectivity index (χ1) is 15.2. The standard InChI is InChI=1S/C27H37NO4/c1-17(29)31-16-19(11-14-28)23-7-8-24-22-6-5-20-15-21(32-18(2)30)9-12-26(20,3)25(22)10-13-27(23,24)4/h5,11,21-25H,6-10,12-13,15-16H2,1-4H3/b19-11+/t21-,22+,23-,24+,25+,26+,27-/m1/s1. The third-order valence-corrected chi connectivity index (χ3v) is 9.53. The number of allylic oxidation sites excluding steroid dienone is 2. The highest BCUT2D eigenvalue weighted by atomic mass is 16.5. The molecule has 7 atom stereocenters. The van der Waals surface area contributed by atoms with Crippen molar-refractivity contribution in [2.24, 2.45) is 34.5 Å². The second-order valence-corrected chi connectivity index (χ2v) is 11.0. The molecule has 0 aromatic carbocycles. The van der Waals surface area contributed by atoms with Crippen molar-refractivity contribution < 1.29 is 19.1 Å². The summed E-state index contributed by atoms with van der Waals surface area (Å²) < 4.78 is 10.9. The van der Waals surface area contributed by atoms with Crippen molar-refractivity contribution in [3.8, 4) is 6.07 Å². The average Bonchev–Trinajstić information content (AvgIpc) is 3.08. The Morgan fingerprint density at radius 3 is 2.59 bits per heavy atom. The molecule has 0 unspecified atom stereocenters. The highest BCUT2D eigenvalue weighted by molar-refractivity contribution is 5.66. The molecular formula is C27H37NO4. The molecule has 0 aromatic heterocycles. The van der Waals surface area contributed by atoms with Gasteiger partial charge in [-0.2, -0.15) is 5.26 Å². The lowest BCUT2D eigenvalue weighted by molar-refractivity contribution is -0.148. The van der Waals surface area contributed by atoms with Gasteiger partial charge in [-0.15, -0.1) is 0 Å². The molecule has 3 fully saturated rings. The molecule has 0 amide bonds. The maximum absolute atomic E-state index is 11.5. The predicted octanol–water partition coefficient (Wildman–Crippen LogP) is 5.51. The van der Waals surface area contributed by atoms with Gasteiger partial charge in [-0.1, -0.05) is 25.5 Å². The van der Waals surface area contributed by atoms with Crippen LogP contribution in [0.3, 0.4) is 0 Å². The van der Waals surface area contributed by atoms with Crippen molar-refractivity contribution in [2.75, 3.05) is 6.61 Å². The van der Waals surface area contributed by atoms with Crippen LogP contribution in [0.2, 0.25) is 0 Å². The van der Waals surface area contributed by atoms with Crippen LogP contribution in [0.25, 0.3) is 0 Å². The minimum Gasteiger partial charge on any atom is -0.462 e. The maximum Gasteiger partial charge on any atom is 0.302 e. The Labute approximate surface area is 192 Å². The quantitative estimate of drug-likeness (QED) is 0.328. The molecule has 4 rings (SSSR count). The molecule has 4 aliphatic rings. The summed E-state index contributed by atoms with van der Waals surface area (Å²) in [4.78, 5) is 22.9. The van der Waals surface area contributed by atoms with E-state index >= 15 is 0 Å². The van der Waals surface area contributed by atoms with Gasteiger partial charge in [0.2, 0.25) is 0 Å². The first-order valence-corrected chi connectivity index (χ1v) is 12.3. The molecule has 0 aromatic rings. The predicted molar refractivity (Wildman–Crippen MR) is 121 cm³/mol. The van der Waals surface area contributed by atoms with Crippen molar-refractivity contribution in [3.63, 3.8) is 0 Å². The first kappa shape index (κ1) is 23.1. The van der Waals surface area contributed by atoms with Crippen LogP contribution in [-0.2, 0) is 19.1 Å². The Morgan fingerprint density at radius 1 is 1.12 bits per heavy atom. The van der Waals surface area contributed by atoms with Gasteiger partial charge in [-0.25, -0.2) is 0 Å². The number of carbonyl (C=O) groups is 2. The highest BCUT2D eigenvalue weighted by Crippen LogP contribution is 2.67. The molecule has 0 radical (unpaired) electrons. The normalized spacial score (nSPS) is 40.8. The summed E-state index contributed by atoms with van der Waals surface area (Å²) in [6.45, 7) is 8.05. The smallest absolute Gasteiger partial charge is 0.302 e. The van der Waals surface area contributed by atoms with Crippen LogP contribution in [0.1, 0.15) is 79.1 Å². The third-order valence-electron chi connectivity index (χ3n) is 9.53. The molecule has 0 spiro atoms. The molecular weight excluding hydrogens is 402 g/mol. The lowest BCUT2D eigenvalue weighted by atomic mass is 9.47. The van der Waals surface area contributed by atoms with Crippen LogP contribution in [0.4, 0.5) is 0 Å². The summed E-state index contributed by atoms with van der Waals surface area (Å²) in [6, 6.07) is 2.20. The minimum atomic E-state index is -0.292. The van der Waals surface area contributed by atoms with E-state index in [0.29, 0.717) is 23.7 Å². The first-order valence-electron chi connectivity index (χ1n) is 12.3. The fraction of sp³-hybridized carbons (Fsp3) is 0.741. The molecule has 5 nitrogen and oxygen atoms in total. The molecule has 3 saturated carbocycles.